The fourth-order valence-electron chi connectivity index (χ4n) is 1.61. The summed E-state index contributed by atoms with van der Waals surface area (Å²) in [6.45, 7) is 3.11. The number of esters is 1. The molecule has 0 saturated carbocycles. The van der Waals surface area contributed by atoms with Gasteiger partial charge in [-0.2, -0.15) is 0 Å². The van der Waals surface area contributed by atoms with Gasteiger partial charge in [0.1, 0.15) is 19.0 Å². The zero-order valence-corrected chi connectivity index (χ0v) is 8.70. The Morgan fingerprint density at radius 3 is 2.77 bits per heavy atom. The van der Waals surface area contributed by atoms with Crippen molar-refractivity contribution in [3.05, 3.63) is 0 Å². The Hall–Kier alpha value is -1.06. The quantitative estimate of drug-likeness (QED) is 0.446. The molecule has 13 heavy (non-hydrogen) atoms. The second kappa shape index (κ2) is 3.77. The van der Waals surface area contributed by atoms with Crippen molar-refractivity contribution in [2.75, 3.05) is 27.7 Å². The van der Waals surface area contributed by atoms with E-state index in [-0.39, 0.29) is 5.97 Å². The summed E-state index contributed by atoms with van der Waals surface area (Å²) in [6.07, 6.45) is 0.369. The number of carbonyl (C=O) groups excluding carboxylic acids is 1. The third-order valence-electron chi connectivity index (χ3n) is 2.58. The molecular formula is C9H17N2O2+. The first-order valence-corrected chi connectivity index (χ1v) is 4.43. The van der Waals surface area contributed by atoms with Crippen LogP contribution in [-0.4, -0.2) is 55.1 Å². The van der Waals surface area contributed by atoms with Gasteiger partial charge in [-0.1, -0.05) is 0 Å². The van der Waals surface area contributed by atoms with E-state index in [9.17, 15) is 4.79 Å². The summed E-state index contributed by atoms with van der Waals surface area (Å²) in [5.74, 6) is 0.863. The van der Waals surface area contributed by atoms with Gasteiger partial charge >= 0.3 is 5.97 Å². The lowest BCUT2D eigenvalue weighted by Gasteiger charge is -2.10. The molecule has 0 aromatic carbocycles. The van der Waals surface area contributed by atoms with E-state index >= 15 is 0 Å². The van der Waals surface area contributed by atoms with Gasteiger partial charge in [-0.05, 0) is 6.92 Å². The molecule has 0 radical (unpaired) electrons. The van der Waals surface area contributed by atoms with E-state index in [0.717, 1.165) is 12.4 Å². The van der Waals surface area contributed by atoms with Crippen LogP contribution in [0.1, 0.15) is 13.3 Å². The Labute approximate surface area is 78.8 Å². The lowest BCUT2D eigenvalue weighted by molar-refractivity contribution is -0.490. The van der Waals surface area contributed by atoms with E-state index in [1.54, 1.807) is 0 Å². The lowest BCUT2D eigenvalue weighted by atomic mass is 10.3. The first kappa shape index (κ1) is 10.0. The topological polar surface area (TPSA) is 32.6 Å². The third kappa shape index (κ3) is 1.99. The minimum absolute atomic E-state index is 0.178. The van der Waals surface area contributed by atoms with Crippen molar-refractivity contribution >= 4 is 11.8 Å². The molecule has 0 bridgehead atoms. The number of nitrogens with zero attached hydrogens (tertiary/aromatic N) is 2. The molecule has 0 saturated heterocycles. The van der Waals surface area contributed by atoms with Crippen molar-refractivity contribution in [1.29, 1.82) is 0 Å². The first-order valence-electron chi connectivity index (χ1n) is 4.43. The molecule has 4 nitrogen and oxygen atoms in total. The molecule has 0 aromatic rings. The molecule has 0 N–H and O–H groups in total. The standard InChI is InChI=1S/C9H17N2O2/c1-7-6-10(2)8(11(7)3)5-9(12)13-4/h7H,5-6H2,1-4H3/q+1. The Morgan fingerprint density at radius 1 is 1.77 bits per heavy atom. The number of hydrogen-bond donors (Lipinski definition) is 0. The molecule has 0 aromatic heterocycles. The summed E-state index contributed by atoms with van der Waals surface area (Å²) >= 11 is 0. The summed E-state index contributed by atoms with van der Waals surface area (Å²) in [4.78, 5) is 13.2. The number of carbonyl (C=O) groups is 1. The van der Waals surface area contributed by atoms with E-state index in [1.165, 1.54) is 7.11 Å². The van der Waals surface area contributed by atoms with Crippen LogP contribution in [0.4, 0.5) is 0 Å². The van der Waals surface area contributed by atoms with Crippen molar-refractivity contribution < 1.29 is 14.1 Å². The molecule has 4 heteroatoms. The number of likely N-dealkylation sites (N-methyl/N-ethyl adjacent to an activating group) is 2. The van der Waals surface area contributed by atoms with Crippen LogP contribution in [-0.2, 0) is 9.53 Å². The maximum atomic E-state index is 11.1. The summed E-state index contributed by atoms with van der Waals surface area (Å²) in [6, 6.07) is 0.477. The number of ether oxygens (including phenoxy) is 1. The number of rotatable bonds is 2. The Morgan fingerprint density at radius 2 is 2.38 bits per heavy atom. The van der Waals surface area contributed by atoms with Crippen LogP contribution in [0.3, 0.4) is 0 Å². The summed E-state index contributed by atoms with van der Waals surface area (Å²) < 4.78 is 6.73. The maximum Gasteiger partial charge on any atom is 0.317 e. The Kier molecular flexibility index (Phi) is 2.90. The lowest BCUT2D eigenvalue weighted by Crippen LogP contribution is -2.32. The normalized spacial score (nSPS) is 22.5. The highest BCUT2D eigenvalue weighted by Gasteiger charge is 2.33. The fourth-order valence-corrected chi connectivity index (χ4v) is 1.61. The average Bonchev–Trinajstić information content (AvgIpc) is 2.32. The summed E-state index contributed by atoms with van der Waals surface area (Å²) in [5.41, 5.74) is 0. The molecule has 1 atom stereocenters. The molecule has 74 valence electrons. The van der Waals surface area contributed by atoms with Crippen LogP contribution in [0.2, 0.25) is 0 Å². The first-order chi connectivity index (χ1) is 6.06. The van der Waals surface area contributed by atoms with Gasteiger partial charge in [0, 0.05) is 0 Å². The second-order valence-electron chi connectivity index (χ2n) is 3.51. The van der Waals surface area contributed by atoms with Gasteiger partial charge in [-0.15, -0.1) is 0 Å². The molecule has 1 aliphatic rings. The van der Waals surface area contributed by atoms with Gasteiger partial charge in [0.05, 0.1) is 21.2 Å². The van der Waals surface area contributed by atoms with Crippen molar-refractivity contribution in [3.8, 4) is 0 Å². The Balaban J connectivity index is 2.68. The summed E-state index contributed by atoms with van der Waals surface area (Å²) in [5, 5.41) is 0. The van der Waals surface area contributed by atoms with E-state index < -0.39 is 0 Å². The van der Waals surface area contributed by atoms with Gasteiger partial charge < -0.3 is 4.74 Å². The molecule has 1 rings (SSSR count). The maximum absolute atomic E-state index is 11.1. The van der Waals surface area contributed by atoms with E-state index in [4.69, 9.17) is 0 Å². The van der Waals surface area contributed by atoms with Crippen LogP contribution in [0.15, 0.2) is 0 Å². The monoisotopic (exact) mass is 185 g/mol. The smallest absolute Gasteiger partial charge is 0.317 e. The van der Waals surface area contributed by atoms with Crippen molar-refractivity contribution in [1.82, 2.24) is 4.90 Å². The van der Waals surface area contributed by atoms with Gasteiger partial charge in [0.15, 0.2) is 0 Å². The summed E-state index contributed by atoms with van der Waals surface area (Å²) in [7, 11) is 5.42. The van der Waals surface area contributed by atoms with Gasteiger partial charge in [0.2, 0.25) is 0 Å². The largest absolute Gasteiger partial charge is 0.469 e. The highest BCUT2D eigenvalue weighted by molar-refractivity contribution is 5.95. The second-order valence-corrected chi connectivity index (χ2v) is 3.51. The molecule has 1 heterocycles. The van der Waals surface area contributed by atoms with Crippen LogP contribution < -0.4 is 0 Å². The van der Waals surface area contributed by atoms with Crippen molar-refractivity contribution in [2.45, 2.75) is 19.4 Å². The van der Waals surface area contributed by atoms with Crippen LogP contribution in [0.25, 0.3) is 0 Å². The average molecular weight is 185 g/mol. The zero-order chi connectivity index (χ0) is 10.0. The molecule has 0 spiro atoms. The van der Waals surface area contributed by atoms with Crippen LogP contribution in [0.5, 0.6) is 0 Å². The molecule has 1 unspecified atom stereocenters. The molecule has 0 amide bonds. The SMILES string of the molecule is COC(=O)CC1=[N+](C)CC(C)N1C. The molecule has 0 fully saturated rings. The molecular weight excluding hydrogens is 168 g/mol. The predicted molar refractivity (Wildman–Crippen MR) is 49.9 cm³/mol. The van der Waals surface area contributed by atoms with E-state index in [1.807, 2.05) is 14.1 Å². The minimum Gasteiger partial charge on any atom is -0.469 e. The predicted octanol–water partition coefficient (Wildman–Crippen LogP) is -0.0758. The van der Waals surface area contributed by atoms with Crippen LogP contribution in [0, 0.1) is 0 Å². The van der Waals surface area contributed by atoms with E-state index in [0.29, 0.717) is 12.5 Å². The van der Waals surface area contributed by atoms with E-state index in [2.05, 4.69) is 21.1 Å². The fraction of sp³-hybridized carbons (Fsp3) is 0.778. The van der Waals surface area contributed by atoms with Gasteiger partial charge in [0.25, 0.3) is 5.84 Å². The number of hydrogen-bond acceptors (Lipinski definition) is 3. The number of methoxy groups -OCH3 is 1. The molecule has 1 aliphatic heterocycles. The number of amidine groups is 1. The van der Waals surface area contributed by atoms with Crippen molar-refractivity contribution in [3.63, 3.8) is 0 Å². The van der Waals surface area contributed by atoms with Gasteiger partial charge in [-0.3, -0.25) is 14.3 Å². The van der Waals surface area contributed by atoms with Crippen LogP contribution >= 0.6 is 0 Å². The highest BCUT2D eigenvalue weighted by atomic mass is 16.5. The highest BCUT2D eigenvalue weighted by Crippen LogP contribution is 2.08. The van der Waals surface area contributed by atoms with Crippen molar-refractivity contribution in [2.24, 2.45) is 0 Å². The minimum atomic E-state index is -0.178. The van der Waals surface area contributed by atoms with Gasteiger partial charge in [-0.25, -0.2) is 0 Å². The molecule has 0 aliphatic carbocycles. The Bertz CT molecular complexity index is 248. The zero-order valence-electron chi connectivity index (χ0n) is 8.70. The third-order valence-corrected chi connectivity index (χ3v) is 2.58.